The quantitative estimate of drug-likeness (QED) is 0.530. The molecule has 0 saturated carbocycles. The maximum absolute atomic E-state index is 12.6. The number of benzene rings is 2. The summed E-state index contributed by atoms with van der Waals surface area (Å²) in [4.78, 5) is 32.8. The number of methoxy groups -OCH3 is 2. The van der Waals surface area contributed by atoms with Crippen LogP contribution in [-0.2, 0) is 22.4 Å². The van der Waals surface area contributed by atoms with Gasteiger partial charge in [-0.1, -0.05) is 48.5 Å². The molecule has 8 heteroatoms. The van der Waals surface area contributed by atoms with Crippen molar-refractivity contribution in [1.82, 2.24) is 9.97 Å². The molecule has 0 radical (unpaired) electrons. The van der Waals surface area contributed by atoms with Gasteiger partial charge < -0.3 is 14.2 Å². The van der Waals surface area contributed by atoms with Gasteiger partial charge in [-0.25, -0.2) is 4.79 Å². The number of aromatic nitrogens is 2. The third-order valence-electron chi connectivity index (χ3n) is 4.45. The zero-order valence-electron chi connectivity index (χ0n) is 17.3. The molecule has 0 aliphatic rings. The highest BCUT2D eigenvalue weighted by Gasteiger charge is 2.15. The molecular weight excluding hydrogens is 398 g/mol. The van der Waals surface area contributed by atoms with Crippen LogP contribution in [0.3, 0.4) is 0 Å². The molecule has 0 aliphatic heterocycles. The van der Waals surface area contributed by atoms with Gasteiger partial charge in [-0.15, -0.1) is 0 Å². The van der Waals surface area contributed by atoms with E-state index < -0.39 is 18.5 Å². The Morgan fingerprint density at radius 3 is 2.19 bits per heavy atom. The van der Waals surface area contributed by atoms with E-state index in [1.165, 1.54) is 25.8 Å². The highest BCUT2D eigenvalue weighted by molar-refractivity contribution is 5.95. The van der Waals surface area contributed by atoms with Crippen molar-refractivity contribution in [2.45, 2.75) is 12.8 Å². The van der Waals surface area contributed by atoms with Crippen molar-refractivity contribution in [2.24, 2.45) is 0 Å². The molecule has 1 heterocycles. The summed E-state index contributed by atoms with van der Waals surface area (Å²) in [5, 5.41) is 2.46. The molecule has 0 spiro atoms. The molecule has 1 N–H and O–H groups in total. The average molecular weight is 421 g/mol. The minimum atomic E-state index is -0.578. The monoisotopic (exact) mass is 421 g/mol. The van der Waals surface area contributed by atoms with Gasteiger partial charge in [-0.2, -0.15) is 9.97 Å². The van der Waals surface area contributed by atoms with Gasteiger partial charge in [0, 0.05) is 0 Å². The van der Waals surface area contributed by atoms with E-state index in [-0.39, 0.29) is 17.7 Å². The number of rotatable bonds is 9. The maximum atomic E-state index is 12.6. The summed E-state index contributed by atoms with van der Waals surface area (Å²) >= 11 is 0. The van der Waals surface area contributed by atoms with Gasteiger partial charge in [-0.05, 0) is 30.0 Å². The normalized spacial score (nSPS) is 10.3. The van der Waals surface area contributed by atoms with Gasteiger partial charge in [-0.3, -0.25) is 10.1 Å². The molecule has 31 heavy (non-hydrogen) atoms. The van der Waals surface area contributed by atoms with E-state index in [1.54, 1.807) is 12.1 Å². The minimum Gasteiger partial charge on any atom is -0.481 e. The number of nitrogens with zero attached hydrogens (tertiary/aromatic N) is 2. The predicted octanol–water partition coefficient (Wildman–Crippen LogP) is 3.07. The third-order valence-corrected chi connectivity index (χ3v) is 4.45. The molecular formula is C23H23N3O5. The number of nitrogens with one attached hydrogen (secondary N) is 1. The smallest absolute Gasteiger partial charge is 0.338 e. The summed E-state index contributed by atoms with van der Waals surface area (Å²) in [5.74, 6) is -0.702. The van der Waals surface area contributed by atoms with Crippen LogP contribution < -0.4 is 14.8 Å². The number of carbonyl (C=O) groups excluding carboxylic acids is 2. The van der Waals surface area contributed by atoms with E-state index in [2.05, 4.69) is 15.3 Å². The van der Waals surface area contributed by atoms with Crippen LogP contribution in [-0.4, -0.2) is 42.7 Å². The van der Waals surface area contributed by atoms with Crippen molar-refractivity contribution in [3.8, 4) is 11.8 Å². The molecule has 8 nitrogen and oxygen atoms in total. The topological polar surface area (TPSA) is 99.6 Å². The van der Waals surface area contributed by atoms with Gasteiger partial charge in [0.15, 0.2) is 6.61 Å². The lowest BCUT2D eigenvalue weighted by Crippen LogP contribution is -2.22. The van der Waals surface area contributed by atoms with Crippen molar-refractivity contribution in [2.75, 3.05) is 26.1 Å². The number of carbonyl (C=O) groups is 2. The van der Waals surface area contributed by atoms with E-state index in [9.17, 15) is 9.59 Å². The second-order valence-corrected chi connectivity index (χ2v) is 6.54. The summed E-state index contributed by atoms with van der Waals surface area (Å²) in [6, 6.07) is 18.7. The number of ether oxygens (including phenoxy) is 3. The Hall–Kier alpha value is -3.94. The Kier molecular flexibility index (Phi) is 7.53. The first-order valence-electron chi connectivity index (χ1n) is 9.65. The largest absolute Gasteiger partial charge is 0.481 e. The Balaban J connectivity index is 1.59. The van der Waals surface area contributed by atoms with Crippen molar-refractivity contribution >= 4 is 17.8 Å². The molecule has 0 fully saturated rings. The Morgan fingerprint density at radius 1 is 0.871 bits per heavy atom. The molecule has 0 atom stereocenters. The van der Waals surface area contributed by atoms with Crippen LogP contribution in [0.25, 0.3) is 0 Å². The Labute approximate surface area is 180 Å². The molecule has 0 saturated heterocycles. The molecule has 2 aromatic carbocycles. The number of hydrogen-bond acceptors (Lipinski definition) is 7. The van der Waals surface area contributed by atoms with Crippen LogP contribution in [0.5, 0.6) is 11.8 Å². The molecule has 1 amide bonds. The van der Waals surface area contributed by atoms with Crippen molar-refractivity contribution in [3.63, 3.8) is 0 Å². The van der Waals surface area contributed by atoms with Crippen LogP contribution in [0.4, 0.5) is 5.95 Å². The summed E-state index contributed by atoms with van der Waals surface area (Å²) in [6.07, 6.45) is 1.47. The number of amides is 1. The summed E-state index contributed by atoms with van der Waals surface area (Å²) in [7, 11) is 2.87. The first-order valence-corrected chi connectivity index (χ1v) is 9.65. The van der Waals surface area contributed by atoms with E-state index >= 15 is 0 Å². The number of esters is 1. The predicted molar refractivity (Wildman–Crippen MR) is 114 cm³/mol. The maximum Gasteiger partial charge on any atom is 0.338 e. The van der Waals surface area contributed by atoms with Crippen molar-refractivity contribution in [3.05, 3.63) is 77.4 Å². The third kappa shape index (κ3) is 6.27. The van der Waals surface area contributed by atoms with Gasteiger partial charge in [0.25, 0.3) is 5.91 Å². The van der Waals surface area contributed by atoms with E-state index in [0.29, 0.717) is 12.0 Å². The van der Waals surface area contributed by atoms with Crippen LogP contribution in [0.15, 0.2) is 60.7 Å². The Morgan fingerprint density at radius 2 is 1.52 bits per heavy atom. The first kappa shape index (κ1) is 21.8. The average Bonchev–Trinajstić information content (AvgIpc) is 2.81. The van der Waals surface area contributed by atoms with Gasteiger partial charge >= 0.3 is 5.97 Å². The standard InChI is InChI=1S/C23H23N3O5/c1-29-20-14-21(30-2)26-23(25-20)24-19(27)15-31-22(28)18-11-7-6-10-17(18)13-12-16-8-4-3-5-9-16/h3-11,14H,12-13,15H2,1-2H3,(H,24,25,26,27). The highest BCUT2D eigenvalue weighted by atomic mass is 16.5. The fraction of sp³-hybridized carbons (Fsp3) is 0.217. The zero-order valence-corrected chi connectivity index (χ0v) is 17.3. The number of hydrogen-bond donors (Lipinski definition) is 1. The summed E-state index contributed by atoms with van der Waals surface area (Å²) < 4.78 is 15.3. The van der Waals surface area contributed by atoms with Crippen molar-refractivity contribution < 1.29 is 23.8 Å². The van der Waals surface area contributed by atoms with Crippen molar-refractivity contribution in [1.29, 1.82) is 0 Å². The zero-order chi connectivity index (χ0) is 22.1. The molecule has 3 aromatic rings. The molecule has 3 rings (SSSR count). The lowest BCUT2D eigenvalue weighted by atomic mass is 10.00. The minimum absolute atomic E-state index is 0.0134. The number of aryl methyl sites for hydroxylation is 2. The van der Waals surface area contributed by atoms with Gasteiger partial charge in [0.2, 0.25) is 17.7 Å². The molecule has 0 bridgehead atoms. The Bertz CT molecular complexity index is 1020. The molecule has 1 aromatic heterocycles. The second kappa shape index (κ2) is 10.7. The van der Waals surface area contributed by atoms with E-state index in [4.69, 9.17) is 14.2 Å². The molecule has 0 unspecified atom stereocenters. The second-order valence-electron chi connectivity index (χ2n) is 6.54. The lowest BCUT2D eigenvalue weighted by molar-refractivity contribution is -0.119. The first-order chi connectivity index (χ1) is 15.1. The van der Waals surface area contributed by atoms with Crippen LogP contribution in [0.2, 0.25) is 0 Å². The van der Waals surface area contributed by atoms with Crippen LogP contribution in [0, 0.1) is 0 Å². The fourth-order valence-corrected chi connectivity index (χ4v) is 2.90. The molecule has 0 aliphatic carbocycles. The van der Waals surface area contributed by atoms with Gasteiger partial charge in [0.05, 0.1) is 25.8 Å². The van der Waals surface area contributed by atoms with Gasteiger partial charge in [0.1, 0.15) is 0 Å². The fourth-order valence-electron chi connectivity index (χ4n) is 2.90. The number of anilines is 1. The summed E-state index contributed by atoms with van der Waals surface area (Å²) in [5.41, 5.74) is 2.47. The summed E-state index contributed by atoms with van der Waals surface area (Å²) in [6.45, 7) is -0.477. The lowest BCUT2D eigenvalue weighted by Gasteiger charge is -2.10. The van der Waals surface area contributed by atoms with Crippen LogP contribution in [0.1, 0.15) is 21.5 Å². The molecule has 160 valence electrons. The van der Waals surface area contributed by atoms with E-state index in [1.807, 2.05) is 42.5 Å². The SMILES string of the molecule is COc1cc(OC)nc(NC(=O)COC(=O)c2ccccc2CCc2ccccc2)n1. The van der Waals surface area contributed by atoms with E-state index in [0.717, 1.165) is 12.0 Å². The van der Waals surface area contributed by atoms with Crippen LogP contribution >= 0.6 is 0 Å². The highest BCUT2D eigenvalue weighted by Crippen LogP contribution is 2.17.